The summed E-state index contributed by atoms with van der Waals surface area (Å²) in [5.41, 5.74) is 0.807. The third kappa shape index (κ3) is 5.05. The molecule has 1 heterocycles. The van der Waals surface area contributed by atoms with Crippen LogP contribution in [0.25, 0.3) is 0 Å². The lowest BCUT2D eigenvalue weighted by molar-refractivity contribution is -0.114. The third-order valence-corrected chi connectivity index (χ3v) is 3.80. The van der Waals surface area contributed by atoms with Gasteiger partial charge in [0.15, 0.2) is 6.23 Å². The Kier molecular flexibility index (Phi) is 6.05. The van der Waals surface area contributed by atoms with Gasteiger partial charge in [0.25, 0.3) is 0 Å². The van der Waals surface area contributed by atoms with E-state index < -0.39 is 0 Å². The first-order valence-corrected chi connectivity index (χ1v) is 7.97. The zero-order chi connectivity index (χ0) is 15.1. The molecular weight excluding hydrogens is 264 g/mol. The molecule has 1 amide bonds. The Hall–Kier alpha value is -1.55. The molecule has 1 aliphatic rings. The maximum Gasteiger partial charge on any atom is 0.221 e. The Morgan fingerprint density at radius 2 is 1.95 bits per heavy atom. The van der Waals surface area contributed by atoms with Crippen molar-refractivity contribution < 1.29 is 9.53 Å². The third-order valence-electron chi connectivity index (χ3n) is 3.80. The number of amides is 1. The zero-order valence-corrected chi connectivity index (χ0v) is 13.1. The van der Waals surface area contributed by atoms with Crippen molar-refractivity contribution >= 4 is 11.6 Å². The van der Waals surface area contributed by atoms with Crippen LogP contribution in [-0.4, -0.2) is 30.1 Å². The summed E-state index contributed by atoms with van der Waals surface area (Å²) in [4.78, 5) is 13.5. The summed E-state index contributed by atoms with van der Waals surface area (Å²) >= 11 is 0. The minimum atomic E-state index is -0.0541. The van der Waals surface area contributed by atoms with Crippen molar-refractivity contribution in [2.75, 3.05) is 18.4 Å². The second kappa shape index (κ2) is 8.03. The summed E-state index contributed by atoms with van der Waals surface area (Å²) in [5, 5.41) is 2.77. The molecule has 4 heteroatoms. The summed E-state index contributed by atoms with van der Waals surface area (Å²) in [7, 11) is 0. The fourth-order valence-electron chi connectivity index (χ4n) is 2.70. The summed E-state index contributed by atoms with van der Waals surface area (Å²) in [6.45, 7) is 6.00. The number of ether oxygens (including phenoxy) is 1. The molecule has 21 heavy (non-hydrogen) atoms. The standard InChI is InChI=1S/C17H26N2O2/c1-3-4-7-17(19-12-5-6-13-19)21-16-10-8-15(9-11-16)18-14(2)20/h8-11,17H,3-7,12-13H2,1-2H3,(H,18,20). The van der Waals surface area contributed by atoms with Gasteiger partial charge < -0.3 is 10.1 Å². The minimum Gasteiger partial charge on any atom is -0.475 e. The smallest absolute Gasteiger partial charge is 0.221 e. The van der Waals surface area contributed by atoms with Crippen molar-refractivity contribution in [3.63, 3.8) is 0 Å². The number of hydrogen-bond acceptors (Lipinski definition) is 3. The van der Waals surface area contributed by atoms with Gasteiger partial charge in [-0.05, 0) is 49.9 Å². The van der Waals surface area contributed by atoms with Crippen molar-refractivity contribution in [3.8, 4) is 5.75 Å². The van der Waals surface area contributed by atoms with Gasteiger partial charge in [-0.3, -0.25) is 9.69 Å². The molecule has 1 aromatic rings. The number of anilines is 1. The molecule has 0 saturated carbocycles. The van der Waals surface area contributed by atoms with Crippen LogP contribution in [0, 0.1) is 0 Å². The molecule has 116 valence electrons. The van der Waals surface area contributed by atoms with E-state index in [4.69, 9.17) is 4.74 Å². The Bertz CT molecular complexity index is 439. The monoisotopic (exact) mass is 290 g/mol. The maximum absolute atomic E-state index is 11.0. The van der Waals surface area contributed by atoms with E-state index in [1.807, 2.05) is 24.3 Å². The van der Waals surface area contributed by atoms with E-state index in [1.165, 1.54) is 32.6 Å². The molecule has 1 aliphatic heterocycles. The number of rotatable bonds is 7. The molecule has 1 unspecified atom stereocenters. The Balaban J connectivity index is 1.96. The summed E-state index contributed by atoms with van der Waals surface area (Å²) in [5.74, 6) is 0.818. The predicted octanol–water partition coefficient (Wildman–Crippen LogP) is 3.64. The number of carbonyl (C=O) groups is 1. The molecule has 4 nitrogen and oxygen atoms in total. The van der Waals surface area contributed by atoms with Crippen LogP contribution in [0.1, 0.15) is 46.0 Å². The van der Waals surface area contributed by atoms with Crippen LogP contribution in [0.4, 0.5) is 5.69 Å². The number of carbonyl (C=O) groups excluding carboxylic acids is 1. The quantitative estimate of drug-likeness (QED) is 0.833. The Morgan fingerprint density at radius 1 is 1.29 bits per heavy atom. The van der Waals surface area contributed by atoms with Crippen LogP contribution in [0.15, 0.2) is 24.3 Å². The van der Waals surface area contributed by atoms with Crippen molar-refractivity contribution in [1.29, 1.82) is 0 Å². The topological polar surface area (TPSA) is 41.6 Å². The van der Waals surface area contributed by atoms with Gasteiger partial charge >= 0.3 is 0 Å². The van der Waals surface area contributed by atoms with Gasteiger partial charge in [0, 0.05) is 25.7 Å². The second-order valence-corrected chi connectivity index (χ2v) is 5.66. The van der Waals surface area contributed by atoms with E-state index in [0.717, 1.165) is 30.9 Å². The molecule has 0 bridgehead atoms. The van der Waals surface area contributed by atoms with Gasteiger partial charge in [-0.1, -0.05) is 13.3 Å². The molecule has 0 radical (unpaired) electrons. The first-order chi connectivity index (χ1) is 10.2. The first-order valence-electron chi connectivity index (χ1n) is 7.97. The number of benzene rings is 1. The van der Waals surface area contributed by atoms with Crippen molar-refractivity contribution in [2.24, 2.45) is 0 Å². The summed E-state index contributed by atoms with van der Waals surface area (Å²) in [6, 6.07) is 7.63. The van der Waals surface area contributed by atoms with Crippen LogP contribution in [0.2, 0.25) is 0 Å². The zero-order valence-electron chi connectivity index (χ0n) is 13.1. The van der Waals surface area contributed by atoms with E-state index in [-0.39, 0.29) is 12.1 Å². The maximum atomic E-state index is 11.0. The summed E-state index contributed by atoms with van der Waals surface area (Å²) in [6.07, 6.45) is 6.17. The number of unbranched alkanes of at least 4 members (excludes halogenated alkanes) is 1. The molecule has 0 aliphatic carbocycles. The van der Waals surface area contributed by atoms with Gasteiger partial charge in [0.2, 0.25) is 5.91 Å². The average molecular weight is 290 g/mol. The lowest BCUT2D eigenvalue weighted by Gasteiger charge is -2.28. The molecule has 1 fully saturated rings. The first kappa shape index (κ1) is 15.8. The molecule has 0 aromatic heterocycles. The van der Waals surface area contributed by atoms with Gasteiger partial charge in [-0.15, -0.1) is 0 Å². The second-order valence-electron chi connectivity index (χ2n) is 5.66. The van der Waals surface area contributed by atoms with Crippen LogP contribution in [0.3, 0.4) is 0 Å². The number of nitrogens with one attached hydrogen (secondary N) is 1. The predicted molar refractivity (Wildman–Crippen MR) is 85.5 cm³/mol. The normalized spacial score (nSPS) is 16.7. The van der Waals surface area contributed by atoms with Gasteiger partial charge in [-0.25, -0.2) is 0 Å². The molecule has 2 rings (SSSR count). The van der Waals surface area contributed by atoms with E-state index in [2.05, 4.69) is 17.1 Å². The number of nitrogens with zero attached hydrogens (tertiary/aromatic N) is 1. The lowest BCUT2D eigenvalue weighted by Crippen LogP contribution is -2.37. The van der Waals surface area contributed by atoms with Crippen LogP contribution in [0.5, 0.6) is 5.75 Å². The highest BCUT2D eigenvalue weighted by molar-refractivity contribution is 5.88. The van der Waals surface area contributed by atoms with E-state index in [9.17, 15) is 4.79 Å². The lowest BCUT2D eigenvalue weighted by atomic mass is 10.2. The molecule has 1 saturated heterocycles. The van der Waals surface area contributed by atoms with E-state index in [0.29, 0.717) is 0 Å². The number of hydrogen-bond donors (Lipinski definition) is 1. The highest BCUT2D eigenvalue weighted by Crippen LogP contribution is 2.22. The Labute approximate surface area is 127 Å². The molecule has 1 atom stereocenters. The summed E-state index contributed by atoms with van der Waals surface area (Å²) < 4.78 is 6.17. The minimum absolute atomic E-state index is 0.0541. The fraction of sp³-hybridized carbons (Fsp3) is 0.588. The van der Waals surface area contributed by atoms with Crippen molar-refractivity contribution in [3.05, 3.63) is 24.3 Å². The molecule has 0 spiro atoms. The average Bonchev–Trinajstić information content (AvgIpc) is 2.99. The van der Waals surface area contributed by atoms with Crippen LogP contribution < -0.4 is 10.1 Å². The van der Waals surface area contributed by atoms with Crippen LogP contribution >= 0.6 is 0 Å². The van der Waals surface area contributed by atoms with Crippen molar-refractivity contribution in [1.82, 2.24) is 4.90 Å². The molecular formula is C17H26N2O2. The van der Waals surface area contributed by atoms with E-state index >= 15 is 0 Å². The largest absolute Gasteiger partial charge is 0.475 e. The Morgan fingerprint density at radius 3 is 2.52 bits per heavy atom. The van der Waals surface area contributed by atoms with Crippen molar-refractivity contribution in [2.45, 2.75) is 52.2 Å². The highest BCUT2D eigenvalue weighted by atomic mass is 16.5. The molecule has 1 aromatic carbocycles. The van der Waals surface area contributed by atoms with Gasteiger partial charge in [0.05, 0.1) is 0 Å². The van der Waals surface area contributed by atoms with E-state index in [1.54, 1.807) is 0 Å². The fourth-order valence-corrected chi connectivity index (χ4v) is 2.70. The van der Waals surface area contributed by atoms with Gasteiger partial charge in [0.1, 0.15) is 5.75 Å². The van der Waals surface area contributed by atoms with Gasteiger partial charge in [-0.2, -0.15) is 0 Å². The molecule has 1 N–H and O–H groups in total. The highest BCUT2D eigenvalue weighted by Gasteiger charge is 2.22. The SMILES string of the molecule is CCCCC(Oc1ccc(NC(C)=O)cc1)N1CCCC1. The van der Waals surface area contributed by atoms with Crippen LogP contribution in [-0.2, 0) is 4.79 Å². The number of likely N-dealkylation sites (tertiary alicyclic amines) is 1.